The number of aliphatic hydroxyl groups is 1. The van der Waals surface area contributed by atoms with Crippen molar-refractivity contribution in [3.05, 3.63) is 23.3 Å². The molecule has 2 atom stereocenters. The second-order valence-corrected chi connectivity index (χ2v) is 5.26. The Kier molecular flexibility index (Phi) is 3.77. The van der Waals surface area contributed by atoms with Crippen molar-refractivity contribution < 1.29 is 5.11 Å². The molecule has 1 N–H and O–H groups in total. The summed E-state index contributed by atoms with van der Waals surface area (Å²) in [5, 5.41) is 9.36. The number of rotatable bonds is 4. The number of hydrogen-bond acceptors (Lipinski definition) is 1. The minimum atomic E-state index is -0.194. The molecule has 0 spiro atoms. The van der Waals surface area contributed by atoms with Crippen LogP contribution in [-0.4, -0.2) is 11.2 Å². The first-order valence-corrected chi connectivity index (χ1v) is 5.91. The van der Waals surface area contributed by atoms with Crippen LogP contribution >= 0.6 is 0 Å². The van der Waals surface area contributed by atoms with Crippen molar-refractivity contribution in [2.75, 3.05) is 0 Å². The zero-order valence-electron chi connectivity index (χ0n) is 10.6. The summed E-state index contributed by atoms with van der Waals surface area (Å²) in [6.07, 6.45) is 4.09. The van der Waals surface area contributed by atoms with E-state index in [9.17, 15) is 5.11 Å². The lowest BCUT2D eigenvalue weighted by atomic mass is 9.75. The van der Waals surface area contributed by atoms with Crippen LogP contribution in [0.2, 0.25) is 0 Å². The monoisotopic (exact) mass is 208 g/mol. The molecule has 0 aromatic rings. The average Bonchev–Trinajstić information content (AvgIpc) is 2.41. The average molecular weight is 208 g/mol. The molecule has 0 aromatic carbocycles. The van der Waals surface area contributed by atoms with E-state index in [1.165, 1.54) is 29.6 Å². The minimum Gasteiger partial charge on any atom is -0.393 e. The predicted octanol–water partition coefficient (Wildman–Crippen LogP) is 3.84. The highest BCUT2D eigenvalue weighted by atomic mass is 16.3. The lowest BCUT2D eigenvalue weighted by Gasteiger charge is -2.29. The van der Waals surface area contributed by atoms with E-state index in [0.717, 1.165) is 12.8 Å². The molecule has 0 saturated heterocycles. The molecule has 0 bridgehead atoms. The van der Waals surface area contributed by atoms with Gasteiger partial charge in [0.15, 0.2) is 0 Å². The van der Waals surface area contributed by atoms with Crippen molar-refractivity contribution in [3.63, 3.8) is 0 Å². The van der Waals surface area contributed by atoms with Gasteiger partial charge in [-0.3, -0.25) is 0 Å². The minimum absolute atomic E-state index is 0.193. The Labute approximate surface area is 93.9 Å². The van der Waals surface area contributed by atoms with Crippen LogP contribution in [0.3, 0.4) is 0 Å². The Morgan fingerprint density at radius 2 is 2.20 bits per heavy atom. The summed E-state index contributed by atoms with van der Waals surface area (Å²) < 4.78 is 0. The highest BCUT2D eigenvalue weighted by Crippen LogP contribution is 2.49. The third-order valence-corrected chi connectivity index (χ3v) is 3.94. The van der Waals surface area contributed by atoms with Crippen LogP contribution in [0, 0.1) is 5.41 Å². The molecule has 0 unspecified atom stereocenters. The summed E-state index contributed by atoms with van der Waals surface area (Å²) in [6, 6.07) is 0. The summed E-state index contributed by atoms with van der Waals surface area (Å²) >= 11 is 0. The standard InChI is InChI=1S/C14H24O/c1-10(2)14(5)9-8-11(3)13(14)7-6-12(4)15/h12,15H,1,6-9H2,2-5H3/t12-,14-/m0/s1. The van der Waals surface area contributed by atoms with Gasteiger partial charge in [-0.1, -0.05) is 30.2 Å². The van der Waals surface area contributed by atoms with Crippen LogP contribution in [0.1, 0.15) is 53.4 Å². The number of hydrogen-bond donors (Lipinski definition) is 1. The Morgan fingerprint density at radius 3 is 2.67 bits per heavy atom. The molecule has 0 fully saturated rings. The third-order valence-electron chi connectivity index (χ3n) is 3.94. The number of allylic oxidation sites excluding steroid dienone is 3. The van der Waals surface area contributed by atoms with Crippen LogP contribution in [0.15, 0.2) is 23.3 Å². The summed E-state index contributed by atoms with van der Waals surface area (Å²) in [4.78, 5) is 0. The van der Waals surface area contributed by atoms with Crippen molar-refractivity contribution in [2.24, 2.45) is 5.41 Å². The lowest BCUT2D eigenvalue weighted by molar-refractivity contribution is 0.183. The molecule has 1 nitrogen and oxygen atoms in total. The molecule has 0 radical (unpaired) electrons. The first-order valence-electron chi connectivity index (χ1n) is 5.91. The molecular formula is C14H24O. The Balaban J connectivity index is 2.81. The van der Waals surface area contributed by atoms with Crippen molar-refractivity contribution >= 4 is 0 Å². The molecule has 0 aromatic heterocycles. The summed E-state index contributed by atoms with van der Waals surface area (Å²) in [7, 11) is 0. The van der Waals surface area contributed by atoms with E-state index < -0.39 is 0 Å². The van der Waals surface area contributed by atoms with Gasteiger partial charge >= 0.3 is 0 Å². The van der Waals surface area contributed by atoms with Crippen molar-refractivity contribution in [1.82, 2.24) is 0 Å². The summed E-state index contributed by atoms with van der Waals surface area (Å²) in [5.41, 5.74) is 4.50. The first kappa shape index (κ1) is 12.5. The van der Waals surface area contributed by atoms with Crippen molar-refractivity contribution in [2.45, 2.75) is 59.5 Å². The van der Waals surface area contributed by atoms with Crippen LogP contribution in [-0.2, 0) is 0 Å². The second kappa shape index (κ2) is 4.52. The SMILES string of the molecule is C=C(C)[C@]1(C)CCC(C)=C1CC[C@H](C)O. The van der Waals surface area contributed by atoms with Crippen LogP contribution < -0.4 is 0 Å². The molecule has 15 heavy (non-hydrogen) atoms. The maximum absolute atomic E-state index is 9.36. The summed E-state index contributed by atoms with van der Waals surface area (Å²) in [6.45, 7) is 12.6. The Bertz CT molecular complexity index is 286. The van der Waals surface area contributed by atoms with Gasteiger partial charge < -0.3 is 5.11 Å². The van der Waals surface area contributed by atoms with E-state index in [-0.39, 0.29) is 11.5 Å². The zero-order chi connectivity index (χ0) is 11.6. The van der Waals surface area contributed by atoms with Gasteiger partial charge in [-0.05, 0) is 46.5 Å². The Hall–Kier alpha value is -0.560. The van der Waals surface area contributed by atoms with Gasteiger partial charge in [-0.15, -0.1) is 0 Å². The Morgan fingerprint density at radius 1 is 1.60 bits per heavy atom. The number of aliphatic hydroxyl groups excluding tert-OH is 1. The molecule has 0 saturated carbocycles. The van der Waals surface area contributed by atoms with Gasteiger partial charge in [-0.25, -0.2) is 0 Å². The molecule has 0 aliphatic heterocycles. The zero-order valence-corrected chi connectivity index (χ0v) is 10.6. The molecule has 86 valence electrons. The van der Waals surface area contributed by atoms with E-state index in [1.54, 1.807) is 0 Å². The fourth-order valence-electron chi connectivity index (χ4n) is 2.52. The summed E-state index contributed by atoms with van der Waals surface area (Å²) in [5.74, 6) is 0. The third kappa shape index (κ3) is 2.52. The van der Waals surface area contributed by atoms with Gasteiger partial charge in [0.1, 0.15) is 0 Å². The molecule has 1 rings (SSSR count). The van der Waals surface area contributed by atoms with E-state index >= 15 is 0 Å². The second-order valence-electron chi connectivity index (χ2n) is 5.26. The highest BCUT2D eigenvalue weighted by Gasteiger charge is 2.35. The van der Waals surface area contributed by atoms with Gasteiger partial charge in [0.05, 0.1) is 6.10 Å². The first-order chi connectivity index (χ1) is 6.88. The van der Waals surface area contributed by atoms with Crippen molar-refractivity contribution in [1.29, 1.82) is 0 Å². The maximum Gasteiger partial charge on any atom is 0.0515 e. The molecular weight excluding hydrogens is 184 g/mol. The molecule has 0 heterocycles. The lowest BCUT2D eigenvalue weighted by Crippen LogP contribution is -2.18. The molecule has 1 heteroatoms. The van der Waals surface area contributed by atoms with Gasteiger partial charge in [-0.2, -0.15) is 0 Å². The fourth-order valence-corrected chi connectivity index (χ4v) is 2.52. The predicted molar refractivity (Wildman–Crippen MR) is 65.8 cm³/mol. The molecule has 0 amide bonds. The van der Waals surface area contributed by atoms with Crippen LogP contribution in [0.25, 0.3) is 0 Å². The van der Waals surface area contributed by atoms with Crippen LogP contribution in [0.5, 0.6) is 0 Å². The van der Waals surface area contributed by atoms with E-state index in [4.69, 9.17) is 0 Å². The molecule has 1 aliphatic carbocycles. The highest BCUT2D eigenvalue weighted by molar-refractivity contribution is 5.34. The fraction of sp³-hybridized carbons (Fsp3) is 0.714. The largest absolute Gasteiger partial charge is 0.393 e. The van der Waals surface area contributed by atoms with Gasteiger partial charge in [0.25, 0.3) is 0 Å². The normalized spacial score (nSPS) is 28.3. The molecule has 1 aliphatic rings. The quantitative estimate of drug-likeness (QED) is 0.696. The van der Waals surface area contributed by atoms with Crippen LogP contribution in [0.4, 0.5) is 0 Å². The van der Waals surface area contributed by atoms with E-state index in [2.05, 4.69) is 27.4 Å². The van der Waals surface area contributed by atoms with E-state index in [1.807, 2.05) is 6.92 Å². The topological polar surface area (TPSA) is 20.2 Å². The van der Waals surface area contributed by atoms with Crippen molar-refractivity contribution in [3.8, 4) is 0 Å². The van der Waals surface area contributed by atoms with E-state index in [0.29, 0.717) is 0 Å². The maximum atomic E-state index is 9.36. The van der Waals surface area contributed by atoms with Gasteiger partial charge in [0.2, 0.25) is 0 Å². The van der Waals surface area contributed by atoms with Gasteiger partial charge in [0, 0.05) is 5.41 Å². The smallest absolute Gasteiger partial charge is 0.0515 e.